The van der Waals surface area contributed by atoms with Gasteiger partial charge in [-0.2, -0.15) is 0 Å². The van der Waals surface area contributed by atoms with E-state index in [1.54, 1.807) is 0 Å². The molecule has 1 unspecified atom stereocenters. The monoisotopic (exact) mass is 191 g/mol. The van der Waals surface area contributed by atoms with Gasteiger partial charge in [-0.15, -0.1) is 0 Å². The molecule has 14 heavy (non-hydrogen) atoms. The van der Waals surface area contributed by atoms with Gasteiger partial charge in [-0.1, -0.05) is 43.7 Å². The molecule has 0 fully saturated rings. The third-order valence-corrected chi connectivity index (χ3v) is 2.44. The van der Waals surface area contributed by atoms with Gasteiger partial charge in [0.15, 0.2) is 0 Å². The molecule has 0 saturated heterocycles. The van der Waals surface area contributed by atoms with E-state index in [0.717, 1.165) is 25.7 Å². The fourth-order valence-electron chi connectivity index (χ4n) is 1.61. The fourth-order valence-corrected chi connectivity index (χ4v) is 1.61. The van der Waals surface area contributed by atoms with Crippen molar-refractivity contribution in [1.82, 2.24) is 0 Å². The summed E-state index contributed by atoms with van der Waals surface area (Å²) >= 11 is 0. The summed E-state index contributed by atoms with van der Waals surface area (Å²) < 4.78 is 0. The number of hydrogen-bond acceptors (Lipinski definition) is 1. The van der Waals surface area contributed by atoms with Crippen LogP contribution in [0.4, 0.5) is 0 Å². The summed E-state index contributed by atoms with van der Waals surface area (Å²) in [4.78, 5) is 0. The predicted molar refractivity (Wildman–Crippen MR) is 60.0 cm³/mol. The molecule has 0 aliphatic heterocycles. The minimum atomic E-state index is -0.745. The van der Waals surface area contributed by atoms with Crippen molar-refractivity contribution in [1.29, 1.82) is 0 Å². The first kappa shape index (κ1) is 11.3. The number of benzene rings is 1. The van der Waals surface area contributed by atoms with Gasteiger partial charge in [-0.25, -0.2) is 0 Å². The molecular formula is C13H19O. The summed E-state index contributed by atoms with van der Waals surface area (Å²) in [5.41, 5.74) is 0.524. The van der Waals surface area contributed by atoms with Crippen molar-refractivity contribution < 1.29 is 5.11 Å². The van der Waals surface area contributed by atoms with E-state index in [0.29, 0.717) is 0 Å². The lowest BCUT2D eigenvalue weighted by Crippen LogP contribution is -2.24. The standard InChI is InChI=1S/C13H19O/c1-3-10-13(2,14)11-9-12-7-5-4-6-8-12/h4-8,14H,2-3,9-11H2,1H3. The van der Waals surface area contributed by atoms with E-state index in [1.807, 2.05) is 18.2 Å². The number of aliphatic hydroxyl groups is 1. The van der Waals surface area contributed by atoms with Crippen LogP contribution in [-0.4, -0.2) is 10.7 Å². The SMILES string of the molecule is [CH2]C(O)(CCC)CCc1ccccc1. The minimum absolute atomic E-state index is 0.741. The zero-order valence-electron chi connectivity index (χ0n) is 8.87. The Morgan fingerprint density at radius 2 is 1.86 bits per heavy atom. The predicted octanol–water partition coefficient (Wildman–Crippen LogP) is 2.98. The molecule has 77 valence electrons. The molecule has 0 aromatic heterocycles. The number of hydrogen-bond donors (Lipinski definition) is 1. The molecule has 0 aliphatic rings. The average Bonchev–Trinajstić information content (AvgIpc) is 2.17. The van der Waals surface area contributed by atoms with Crippen LogP contribution in [0.5, 0.6) is 0 Å². The maximum absolute atomic E-state index is 9.86. The van der Waals surface area contributed by atoms with Crippen LogP contribution in [-0.2, 0) is 6.42 Å². The molecule has 1 radical (unpaired) electrons. The molecule has 1 N–H and O–H groups in total. The Morgan fingerprint density at radius 3 is 2.43 bits per heavy atom. The number of aryl methyl sites for hydroxylation is 1. The van der Waals surface area contributed by atoms with Crippen molar-refractivity contribution in [3.05, 3.63) is 42.8 Å². The highest BCUT2D eigenvalue weighted by molar-refractivity contribution is 5.15. The van der Waals surface area contributed by atoms with Gasteiger partial charge in [0.1, 0.15) is 0 Å². The van der Waals surface area contributed by atoms with Crippen LogP contribution in [0.1, 0.15) is 31.7 Å². The lowest BCUT2D eigenvalue weighted by Gasteiger charge is -2.22. The molecule has 0 bridgehead atoms. The van der Waals surface area contributed by atoms with Crippen molar-refractivity contribution in [2.45, 2.75) is 38.2 Å². The zero-order chi connectivity index (χ0) is 10.4. The Kier molecular flexibility index (Phi) is 4.15. The second-order valence-electron chi connectivity index (χ2n) is 3.96. The molecule has 0 saturated carbocycles. The van der Waals surface area contributed by atoms with Crippen LogP contribution in [0, 0.1) is 6.92 Å². The van der Waals surface area contributed by atoms with E-state index in [1.165, 1.54) is 5.56 Å². The Morgan fingerprint density at radius 1 is 1.21 bits per heavy atom. The Balaban J connectivity index is 2.40. The van der Waals surface area contributed by atoms with E-state index >= 15 is 0 Å². The Labute approximate surface area is 86.8 Å². The van der Waals surface area contributed by atoms with E-state index in [9.17, 15) is 5.11 Å². The normalized spacial score (nSPS) is 15.1. The molecule has 1 aromatic rings. The van der Waals surface area contributed by atoms with E-state index in [2.05, 4.69) is 26.0 Å². The molecule has 0 aliphatic carbocycles. The molecule has 0 spiro atoms. The third-order valence-electron chi connectivity index (χ3n) is 2.44. The summed E-state index contributed by atoms with van der Waals surface area (Å²) in [6.45, 7) is 5.90. The van der Waals surface area contributed by atoms with E-state index < -0.39 is 5.60 Å². The van der Waals surface area contributed by atoms with E-state index in [4.69, 9.17) is 0 Å². The van der Waals surface area contributed by atoms with Crippen LogP contribution in [0.2, 0.25) is 0 Å². The molecule has 1 aromatic carbocycles. The Hall–Kier alpha value is -0.820. The highest BCUT2D eigenvalue weighted by Crippen LogP contribution is 2.18. The van der Waals surface area contributed by atoms with Gasteiger partial charge < -0.3 is 5.11 Å². The minimum Gasteiger partial charge on any atom is -0.390 e. The maximum atomic E-state index is 9.86. The third kappa shape index (κ3) is 3.93. The number of rotatable bonds is 5. The van der Waals surface area contributed by atoms with Gasteiger partial charge in [0.05, 0.1) is 5.60 Å². The molecule has 1 heteroatoms. The first-order chi connectivity index (χ1) is 6.64. The second kappa shape index (κ2) is 5.16. The molecule has 1 nitrogen and oxygen atoms in total. The second-order valence-corrected chi connectivity index (χ2v) is 3.96. The first-order valence-electron chi connectivity index (χ1n) is 5.26. The highest BCUT2D eigenvalue weighted by atomic mass is 16.3. The van der Waals surface area contributed by atoms with Crippen LogP contribution >= 0.6 is 0 Å². The summed E-state index contributed by atoms with van der Waals surface area (Å²) in [5, 5.41) is 9.86. The van der Waals surface area contributed by atoms with Crippen LogP contribution in [0.15, 0.2) is 30.3 Å². The fraction of sp³-hybridized carbons (Fsp3) is 0.462. The quantitative estimate of drug-likeness (QED) is 0.758. The summed E-state index contributed by atoms with van der Waals surface area (Å²) in [7, 11) is 0. The van der Waals surface area contributed by atoms with Gasteiger partial charge in [-0.05, 0) is 31.7 Å². The van der Waals surface area contributed by atoms with Gasteiger partial charge in [0.2, 0.25) is 0 Å². The van der Waals surface area contributed by atoms with Crippen LogP contribution in [0.3, 0.4) is 0 Å². The van der Waals surface area contributed by atoms with Crippen LogP contribution in [0.25, 0.3) is 0 Å². The van der Waals surface area contributed by atoms with Crippen molar-refractivity contribution in [2.24, 2.45) is 0 Å². The van der Waals surface area contributed by atoms with Crippen molar-refractivity contribution in [2.75, 3.05) is 0 Å². The first-order valence-corrected chi connectivity index (χ1v) is 5.26. The van der Waals surface area contributed by atoms with Crippen molar-refractivity contribution in [3.8, 4) is 0 Å². The van der Waals surface area contributed by atoms with Gasteiger partial charge in [-0.3, -0.25) is 0 Å². The maximum Gasteiger partial charge on any atom is 0.0652 e. The largest absolute Gasteiger partial charge is 0.390 e. The average molecular weight is 191 g/mol. The summed E-state index contributed by atoms with van der Waals surface area (Å²) in [5.74, 6) is 0. The van der Waals surface area contributed by atoms with Gasteiger partial charge in [0, 0.05) is 0 Å². The molecule has 1 rings (SSSR count). The van der Waals surface area contributed by atoms with Gasteiger partial charge in [0.25, 0.3) is 0 Å². The highest BCUT2D eigenvalue weighted by Gasteiger charge is 2.18. The molecule has 0 amide bonds. The lowest BCUT2D eigenvalue weighted by molar-refractivity contribution is 0.0687. The van der Waals surface area contributed by atoms with Crippen molar-refractivity contribution >= 4 is 0 Å². The smallest absolute Gasteiger partial charge is 0.0652 e. The molecular weight excluding hydrogens is 172 g/mol. The van der Waals surface area contributed by atoms with Gasteiger partial charge >= 0.3 is 0 Å². The molecule has 1 atom stereocenters. The molecule has 0 heterocycles. The van der Waals surface area contributed by atoms with E-state index in [-0.39, 0.29) is 0 Å². The summed E-state index contributed by atoms with van der Waals surface area (Å²) in [6, 6.07) is 10.2. The zero-order valence-corrected chi connectivity index (χ0v) is 8.87. The van der Waals surface area contributed by atoms with Crippen LogP contribution < -0.4 is 0 Å². The summed E-state index contributed by atoms with van der Waals surface area (Å²) in [6.07, 6.45) is 3.40. The van der Waals surface area contributed by atoms with Crippen molar-refractivity contribution in [3.63, 3.8) is 0 Å². The topological polar surface area (TPSA) is 20.2 Å². The Bertz CT molecular complexity index is 251. The lowest BCUT2D eigenvalue weighted by atomic mass is 9.93.